The number of hydrogen-bond donors (Lipinski definition) is 2. The Labute approximate surface area is 124 Å². The Morgan fingerprint density at radius 1 is 1.50 bits per heavy atom. The average Bonchev–Trinajstić information content (AvgIpc) is 3.05. The topological polar surface area (TPSA) is 67.4 Å². The monoisotopic (exact) mass is 318 g/mol. The molecule has 7 heteroatoms. The van der Waals surface area contributed by atoms with Crippen molar-refractivity contribution in [2.24, 2.45) is 5.92 Å². The number of thiophene rings is 1. The molecule has 0 aromatic carbocycles. The summed E-state index contributed by atoms with van der Waals surface area (Å²) >= 11 is 1.47. The molecule has 0 aliphatic carbocycles. The molecule has 0 saturated carbocycles. The summed E-state index contributed by atoms with van der Waals surface area (Å²) in [5.41, 5.74) is 0. The van der Waals surface area contributed by atoms with Gasteiger partial charge in [0, 0.05) is 36.0 Å². The van der Waals surface area contributed by atoms with Crippen molar-refractivity contribution in [1.82, 2.24) is 10.0 Å². The van der Waals surface area contributed by atoms with Crippen LogP contribution in [-0.2, 0) is 21.3 Å². The second kappa shape index (κ2) is 7.00. The molecule has 2 heterocycles. The van der Waals surface area contributed by atoms with Gasteiger partial charge in [-0.2, -0.15) is 0 Å². The number of hydrogen-bond acceptors (Lipinski definition) is 5. The summed E-state index contributed by atoms with van der Waals surface area (Å²) in [4.78, 5) is 1.39. The maximum absolute atomic E-state index is 12.2. The molecule has 20 heavy (non-hydrogen) atoms. The first kappa shape index (κ1) is 15.9. The van der Waals surface area contributed by atoms with Gasteiger partial charge in [-0.05, 0) is 18.4 Å². The van der Waals surface area contributed by atoms with Crippen molar-refractivity contribution in [1.29, 1.82) is 0 Å². The molecule has 1 aliphatic rings. The van der Waals surface area contributed by atoms with Gasteiger partial charge in [-0.15, -0.1) is 11.3 Å². The molecule has 1 aromatic rings. The second-order valence-electron chi connectivity index (χ2n) is 5.37. The van der Waals surface area contributed by atoms with E-state index in [9.17, 15) is 8.42 Å². The van der Waals surface area contributed by atoms with Gasteiger partial charge >= 0.3 is 0 Å². The Morgan fingerprint density at radius 3 is 2.95 bits per heavy atom. The first-order valence-electron chi connectivity index (χ1n) is 6.85. The molecule has 1 atom stereocenters. The number of rotatable bonds is 7. The largest absolute Gasteiger partial charge is 0.381 e. The summed E-state index contributed by atoms with van der Waals surface area (Å²) in [5, 5.41) is 4.98. The van der Waals surface area contributed by atoms with Crippen LogP contribution in [0.4, 0.5) is 0 Å². The highest BCUT2D eigenvalue weighted by atomic mass is 32.2. The lowest BCUT2D eigenvalue weighted by Crippen LogP contribution is -2.29. The molecular formula is C13H22N2O3S2. The van der Waals surface area contributed by atoms with Crippen molar-refractivity contribution in [3.05, 3.63) is 16.3 Å². The molecule has 1 fully saturated rings. The number of ether oxygens (including phenoxy) is 1. The van der Waals surface area contributed by atoms with Crippen molar-refractivity contribution >= 4 is 21.4 Å². The van der Waals surface area contributed by atoms with Crippen LogP contribution in [0.15, 0.2) is 16.3 Å². The summed E-state index contributed by atoms with van der Waals surface area (Å²) in [6, 6.07) is 2.13. The molecule has 2 rings (SSSR count). The molecule has 1 aliphatic heterocycles. The smallest absolute Gasteiger partial charge is 0.241 e. The Bertz CT molecular complexity index is 519. The van der Waals surface area contributed by atoms with Crippen LogP contribution in [0.2, 0.25) is 0 Å². The molecule has 0 spiro atoms. The summed E-state index contributed by atoms with van der Waals surface area (Å²) < 4.78 is 32.3. The predicted molar refractivity (Wildman–Crippen MR) is 80.4 cm³/mol. The Balaban J connectivity index is 1.91. The van der Waals surface area contributed by atoms with Gasteiger partial charge in [-0.1, -0.05) is 13.8 Å². The van der Waals surface area contributed by atoms with Gasteiger partial charge in [0.1, 0.15) is 0 Å². The molecule has 2 N–H and O–H groups in total. The zero-order valence-corrected chi connectivity index (χ0v) is 13.5. The first-order valence-corrected chi connectivity index (χ1v) is 9.22. The lowest BCUT2D eigenvalue weighted by Gasteiger charge is -2.09. The molecule has 0 radical (unpaired) electrons. The lowest BCUT2D eigenvalue weighted by molar-refractivity contribution is 0.186. The van der Waals surface area contributed by atoms with E-state index < -0.39 is 10.0 Å². The fourth-order valence-corrected chi connectivity index (χ4v) is 4.30. The van der Waals surface area contributed by atoms with Gasteiger partial charge in [-0.25, -0.2) is 13.1 Å². The van der Waals surface area contributed by atoms with Crippen LogP contribution < -0.4 is 10.0 Å². The Hall–Kier alpha value is -0.470. The number of nitrogens with one attached hydrogen (secondary N) is 2. The van der Waals surface area contributed by atoms with E-state index in [1.807, 2.05) is 0 Å². The normalized spacial score (nSPS) is 19.9. The molecule has 5 nitrogen and oxygen atoms in total. The maximum atomic E-state index is 12.2. The minimum Gasteiger partial charge on any atom is -0.381 e. The van der Waals surface area contributed by atoms with E-state index >= 15 is 0 Å². The predicted octanol–water partition coefficient (Wildman–Crippen LogP) is 1.56. The SMILES string of the molecule is CC(C)NCc1cc(S(=O)(=O)NCC2CCOC2)cs1. The fourth-order valence-electron chi connectivity index (χ4n) is 1.95. The van der Waals surface area contributed by atoms with Crippen LogP contribution in [0.1, 0.15) is 25.1 Å². The third-order valence-corrected chi connectivity index (χ3v) is 5.70. The van der Waals surface area contributed by atoms with E-state index in [1.165, 1.54) is 11.3 Å². The zero-order chi connectivity index (χ0) is 14.6. The minimum atomic E-state index is -3.39. The number of sulfonamides is 1. The van der Waals surface area contributed by atoms with Crippen LogP contribution in [0.3, 0.4) is 0 Å². The highest BCUT2D eigenvalue weighted by Gasteiger charge is 2.21. The Kier molecular flexibility index (Phi) is 5.57. The van der Waals surface area contributed by atoms with Crippen molar-refractivity contribution in [2.45, 2.75) is 37.8 Å². The molecule has 114 valence electrons. The van der Waals surface area contributed by atoms with E-state index in [0.717, 1.165) is 17.9 Å². The van der Waals surface area contributed by atoms with Crippen LogP contribution in [0, 0.1) is 5.92 Å². The highest BCUT2D eigenvalue weighted by Crippen LogP contribution is 2.20. The van der Waals surface area contributed by atoms with Gasteiger partial charge in [0.2, 0.25) is 10.0 Å². The van der Waals surface area contributed by atoms with Crippen molar-refractivity contribution in [3.8, 4) is 0 Å². The highest BCUT2D eigenvalue weighted by molar-refractivity contribution is 7.89. The minimum absolute atomic E-state index is 0.297. The molecule has 0 bridgehead atoms. The fraction of sp³-hybridized carbons (Fsp3) is 0.692. The summed E-state index contributed by atoms with van der Waals surface area (Å²) in [6.45, 7) is 6.67. The van der Waals surface area contributed by atoms with Crippen molar-refractivity contribution < 1.29 is 13.2 Å². The second-order valence-corrected chi connectivity index (χ2v) is 8.13. The van der Waals surface area contributed by atoms with Crippen LogP contribution in [0.5, 0.6) is 0 Å². The third kappa shape index (κ3) is 4.53. The van der Waals surface area contributed by atoms with E-state index in [1.54, 1.807) is 11.4 Å². The van der Waals surface area contributed by atoms with Crippen LogP contribution in [0.25, 0.3) is 0 Å². The molecular weight excluding hydrogens is 296 g/mol. The van der Waals surface area contributed by atoms with Crippen LogP contribution >= 0.6 is 11.3 Å². The van der Waals surface area contributed by atoms with E-state index in [4.69, 9.17) is 4.74 Å². The van der Waals surface area contributed by atoms with E-state index in [2.05, 4.69) is 23.9 Å². The van der Waals surface area contributed by atoms with Crippen LogP contribution in [-0.4, -0.2) is 34.2 Å². The van der Waals surface area contributed by atoms with Gasteiger partial charge < -0.3 is 10.1 Å². The maximum Gasteiger partial charge on any atom is 0.241 e. The van der Waals surface area contributed by atoms with E-state index in [-0.39, 0.29) is 0 Å². The Morgan fingerprint density at radius 2 is 2.30 bits per heavy atom. The van der Waals surface area contributed by atoms with Gasteiger partial charge in [0.05, 0.1) is 11.5 Å². The standard InChI is InChI=1S/C13H22N2O3S2/c1-10(2)14-7-12-5-13(9-19-12)20(16,17)15-6-11-3-4-18-8-11/h5,9-11,14-15H,3-4,6-8H2,1-2H3. The summed E-state index contributed by atoms with van der Waals surface area (Å²) in [7, 11) is -3.39. The van der Waals surface area contributed by atoms with Gasteiger partial charge in [0.15, 0.2) is 0 Å². The molecule has 1 saturated heterocycles. The molecule has 1 aromatic heterocycles. The average molecular weight is 318 g/mol. The van der Waals surface area contributed by atoms with Gasteiger partial charge in [-0.3, -0.25) is 0 Å². The van der Waals surface area contributed by atoms with Gasteiger partial charge in [0.25, 0.3) is 0 Å². The quantitative estimate of drug-likeness (QED) is 0.801. The van der Waals surface area contributed by atoms with E-state index in [0.29, 0.717) is 36.6 Å². The van der Waals surface area contributed by atoms with Crippen molar-refractivity contribution in [3.63, 3.8) is 0 Å². The zero-order valence-electron chi connectivity index (χ0n) is 11.9. The molecule has 1 unspecified atom stereocenters. The van der Waals surface area contributed by atoms with Crippen molar-refractivity contribution in [2.75, 3.05) is 19.8 Å². The lowest BCUT2D eigenvalue weighted by atomic mass is 10.1. The summed E-state index contributed by atoms with van der Waals surface area (Å²) in [6.07, 6.45) is 0.926. The first-order chi connectivity index (χ1) is 9.47. The third-order valence-electron chi connectivity index (χ3n) is 3.21. The summed E-state index contributed by atoms with van der Waals surface area (Å²) in [5.74, 6) is 0.297. The molecule has 0 amide bonds.